The van der Waals surface area contributed by atoms with Gasteiger partial charge in [-0.25, -0.2) is 13.9 Å². The summed E-state index contributed by atoms with van der Waals surface area (Å²) in [5, 5.41) is 5.15. The minimum atomic E-state index is -0.260. The van der Waals surface area contributed by atoms with Crippen LogP contribution in [0.4, 0.5) is 4.39 Å². The molecule has 0 atom stereocenters. The highest BCUT2D eigenvalue weighted by molar-refractivity contribution is 7.19. The third-order valence-corrected chi connectivity index (χ3v) is 3.54. The fourth-order valence-corrected chi connectivity index (χ4v) is 2.65. The Labute approximate surface area is 107 Å². The number of halogens is 1. The molecule has 0 unspecified atom stereocenters. The van der Waals surface area contributed by atoms with Gasteiger partial charge in [-0.2, -0.15) is 5.10 Å². The van der Waals surface area contributed by atoms with Crippen molar-refractivity contribution in [2.24, 2.45) is 5.73 Å². The molecule has 0 aliphatic heterocycles. The Kier molecular flexibility index (Phi) is 2.81. The molecule has 1 aromatic carbocycles. The Morgan fingerprint density at radius 2 is 2.28 bits per heavy atom. The zero-order valence-electron chi connectivity index (χ0n) is 9.51. The second kappa shape index (κ2) is 4.47. The van der Waals surface area contributed by atoms with Gasteiger partial charge in [-0.05, 0) is 18.7 Å². The number of nitrogens with two attached hydrogens (primary N) is 1. The van der Waals surface area contributed by atoms with Crippen molar-refractivity contribution in [2.45, 2.75) is 6.42 Å². The van der Waals surface area contributed by atoms with Gasteiger partial charge in [-0.1, -0.05) is 23.5 Å². The summed E-state index contributed by atoms with van der Waals surface area (Å²) >= 11 is 1.44. The molecule has 0 aliphatic rings. The molecule has 0 fully saturated rings. The summed E-state index contributed by atoms with van der Waals surface area (Å²) in [7, 11) is 0. The highest BCUT2D eigenvalue weighted by Crippen LogP contribution is 2.25. The standard InChI is InChI=1S/C12H11FN4S/c13-9-3-1-2-8(6-9)11-16-17-7-10(4-5-14)15-12(17)18-11/h1-3,6-7H,4-5,14H2. The first-order valence-electron chi connectivity index (χ1n) is 5.57. The fraction of sp³-hybridized carbons (Fsp3) is 0.167. The molecular weight excluding hydrogens is 251 g/mol. The predicted molar refractivity (Wildman–Crippen MR) is 69.0 cm³/mol. The zero-order valence-corrected chi connectivity index (χ0v) is 10.3. The van der Waals surface area contributed by atoms with E-state index in [9.17, 15) is 4.39 Å². The maximum Gasteiger partial charge on any atom is 0.212 e. The van der Waals surface area contributed by atoms with Crippen molar-refractivity contribution in [2.75, 3.05) is 6.54 Å². The first-order valence-corrected chi connectivity index (χ1v) is 6.39. The predicted octanol–water partition coefficient (Wildman–Crippen LogP) is 2.10. The molecule has 0 bridgehead atoms. The van der Waals surface area contributed by atoms with Crippen LogP contribution in [-0.4, -0.2) is 21.1 Å². The molecule has 0 spiro atoms. The smallest absolute Gasteiger partial charge is 0.212 e. The van der Waals surface area contributed by atoms with E-state index in [1.54, 1.807) is 10.6 Å². The Morgan fingerprint density at radius 3 is 3.00 bits per heavy atom. The monoisotopic (exact) mass is 262 g/mol. The number of aromatic nitrogens is 3. The molecule has 6 heteroatoms. The number of rotatable bonds is 3. The van der Waals surface area contributed by atoms with Crippen LogP contribution in [0.5, 0.6) is 0 Å². The molecule has 0 saturated carbocycles. The average molecular weight is 262 g/mol. The molecular formula is C12H11FN4S. The maximum absolute atomic E-state index is 13.1. The first kappa shape index (κ1) is 11.3. The molecule has 3 aromatic rings. The van der Waals surface area contributed by atoms with E-state index >= 15 is 0 Å². The summed E-state index contributed by atoms with van der Waals surface area (Å²) < 4.78 is 14.9. The second-order valence-electron chi connectivity index (χ2n) is 3.92. The van der Waals surface area contributed by atoms with Crippen molar-refractivity contribution in [3.63, 3.8) is 0 Å². The Hall–Kier alpha value is -1.79. The van der Waals surface area contributed by atoms with Gasteiger partial charge < -0.3 is 5.73 Å². The van der Waals surface area contributed by atoms with Gasteiger partial charge in [0.2, 0.25) is 4.96 Å². The summed E-state index contributed by atoms with van der Waals surface area (Å²) in [5.74, 6) is -0.260. The molecule has 0 saturated heterocycles. The SMILES string of the molecule is NCCc1cn2nc(-c3cccc(F)c3)sc2n1. The van der Waals surface area contributed by atoms with E-state index < -0.39 is 0 Å². The number of fused-ring (bicyclic) bond motifs is 1. The van der Waals surface area contributed by atoms with Crippen LogP contribution < -0.4 is 5.73 Å². The normalized spacial score (nSPS) is 11.2. The van der Waals surface area contributed by atoms with Crippen LogP contribution in [0, 0.1) is 5.82 Å². The minimum Gasteiger partial charge on any atom is -0.330 e. The minimum absolute atomic E-state index is 0.260. The van der Waals surface area contributed by atoms with Gasteiger partial charge in [0.05, 0.1) is 11.9 Å². The lowest BCUT2D eigenvalue weighted by Gasteiger charge is -1.94. The fourth-order valence-electron chi connectivity index (χ4n) is 1.75. The molecule has 0 aliphatic carbocycles. The molecule has 92 valence electrons. The van der Waals surface area contributed by atoms with E-state index in [0.29, 0.717) is 6.54 Å². The van der Waals surface area contributed by atoms with E-state index in [-0.39, 0.29) is 5.82 Å². The summed E-state index contributed by atoms with van der Waals surface area (Å²) in [6, 6.07) is 6.40. The maximum atomic E-state index is 13.1. The van der Waals surface area contributed by atoms with Crippen molar-refractivity contribution in [3.05, 3.63) is 42.0 Å². The summed E-state index contributed by atoms with van der Waals surface area (Å²) in [5.41, 5.74) is 7.18. The topological polar surface area (TPSA) is 56.2 Å². The number of imidazole rings is 1. The van der Waals surface area contributed by atoms with Gasteiger partial charge in [-0.15, -0.1) is 0 Å². The second-order valence-corrected chi connectivity index (χ2v) is 4.87. The van der Waals surface area contributed by atoms with Crippen LogP contribution in [0.25, 0.3) is 15.5 Å². The van der Waals surface area contributed by atoms with Crippen LogP contribution in [-0.2, 0) is 6.42 Å². The van der Waals surface area contributed by atoms with Gasteiger partial charge in [0.1, 0.15) is 10.8 Å². The summed E-state index contributed by atoms with van der Waals surface area (Å²) in [6.45, 7) is 0.571. The van der Waals surface area contributed by atoms with Crippen LogP contribution in [0.1, 0.15) is 5.69 Å². The summed E-state index contributed by atoms with van der Waals surface area (Å²) in [4.78, 5) is 5.22. The number of benzene rings is 1. The van der Waals surface area contributed by atoms with E-state index in [1.165, 1.54) is 23.5 Å². The molecule has 0 radical (unpaired) electrons. The quantitative estimate of drug-likeness (QED) is 0.786. The molecule has 2 N–H and O–H groups in total. The number of hydrogen-bond acceptors (Lipinski definition) is 4. The molecule has 3 rings (SSSR count). The molecule has 4 nitrogen and oxygen atoms in total. The van der Waals surface area contributed by atoms with Crippen molar-refractivity contribution in [3.8, 4) is 10.6 Å². The Balaban J connectivity index is 2.01. The third-order valence-electron chi connectivity index (χ3n) is 2.57. The third kappa shape index (κ3) is 2.00. The van der Waals surface area contributed by atoms with Crippen LogP contribution in [0.3, 0.4) is 0 Å². The van der Waals surface area contributed by atoms with E-state index in [2.05, 4.69) is 10.1 Å². The molecule has 2 heterocycles. The lowest BCUT2D eigenvalue weighted by molar-refractivity contribution is 0.628. The van der Waals surface area contributed by atoms with Gasteiger partial charge in [0.15, 0.2) is 0 Å². The Morgan fingerprint density at radius 1 is 1.39 bits per heavy atom. The zero-order chi connectivity index (χ0) is 12.5. The number of hydrogen-bond donors (Lipinski definition) is 1. The van der Waals surface area contributed by atoms with Crippen LogP contribution >= 0.6 is 11.3 Å². The van der Waals surface area contributed by atoms with Crippen molar-refractivity contribution < 1.29 is 4.39 Å². The lowest BCUT2D eigenvalue weighted by atomic mass is 10.2. The average Bonchev–Trinajstić information content (AvgIpc) is 2.87. The van der Waals surface area contributed by atoms with Gasteiger partial charge in [0, 0.05) is 12.0 Å². The van der Waals surface area contributed by atoms with E-state index in [4.69, 9.17) is 5.73 Å². The van der Waals surface area contributed by atoms with Crippen molar-refractivity contribution in [1.29, 1.82) is 0 Å². The van der Waals surface area contributed by atoms with Crippen LogP contribution in [0.15, 0.2) is 30.5 Å². The van der Waals surface area contributed by atoms with Gasteiger partial charge in [0.25, 0.3) is 0 Å². The molecule has 2 aromatic heterocycles. The van der Waals surface area contributed by atoms with E-state index in [0.717, 1.165) is 27.6 Å². The Bertz CT molecular complexity index is 657. The van der Waals surface area contributed by atoms with Gasteiger partial charge in [-0.3, -0.25) is 0 Å². The van der Waals surface area contributed by atoms with Crippen LogP contribution in [0.2, 0.25) is 0 Å². The highest BCUT2D eigenvalue weighted by Gasteiger charge is 2.09. The molecule has 18 heavy (non-hydrogen) atoms. The largest absolute Gasteiger partial charge is 0.330 e. The van der Waals surface area contributed by atoms with Gasteiger partial charge >= 0.3 is 0 Å². The van der Waals surface area contributed by atoms with Crippen molar-refractivity contribution >= 4 is 16.3 Å². The summed E-state index contributed by atoms with van der Waals surface area (Å²) in [6.07, 6.45) is 2.60. The molecule has 0 amide bonds. The van der Waals surface area contributed by atoms with E-state index in [1.807, 2.05) is 12.3 Å². The highest BCUT2D eigenvalue weighted by atomic mass is 32.1. The number of nitrogens with zero attached hydrogens (tertiary/aromatic N) is 3. The first-order chi connectivity index (χ1) is 8.76. The lowest BCUT2D eigenvalue weighted by Crippen LogP contribution is -2.02. The van der Waals surface area contributed by atoms with Crippen molar-refractivity contribution in [1.82, 2.24) is 14.6 Å².